The highest BCUT2D eigenvalue weighted by Gasteiger charge is 2.26. The molecule has 0 bridgehead atoms. The predicted octanol–water partition coefficient (Wildman–Crippen LogP) is 0.822. The number of halogens is 1. The second kappa shape index (κ2) is 2.62. The Bertz CT molecular complexity index is 266. The Balaban J connectivity index is 2.09. The molecule has 1 saturated heterocycles. The Hall–Kier alpha value is -1.32. The summed E-state index contributed by atoms with van der Waals surface area (Å²) in [6, 6.07) is 3.58. The van der Waals surface area contributed by atoms with Crippen LogP contribution in [0.5, 0.6) is 0 Å². The predicted molar refractivity (Wildman–Crippen MR) is 45.8 cm³/mol. The molecule has 0 spiro atoms. The van der Waals surface area contributed by atoms with Gasteiger partial charge >= 0.3 is 0 Å². The van der Waals surface area contributed by atoms with Crippen molar-refractivity contribution in [3.05, 3.63) is 18.3 Å². The molecule has 1 aromatic heterocycles. The fourth-order valence-corrected chi connectivity index (χ4v) is 1.20. The summed E-state index contributed by atoms with van der Waals surface area (Å²) in [4.78, 5) is 5.95. The highest BCUT2D eigenvalue weighted by Crippen LogP contribution is 2.20. The lowest BCUT2D eigenvalue weighted by atomic mass is 10.2. The quantitative estimate of drug-likeness (QED) is 0.673. The van der Waals surface area contributed by atoms with Crippen molar-refractivity contribution in [2.45, 2.75) is 6.17 Å². The first-order chi connectivity index (χ1) is 5.75. The van der Waals surface area contributed by atoms with Crippen molar-refractivity contribution in [3.63, 3.8) is 0 Å². The summed E-state index contributed by atoms with van der Waals surface area (Å²) in [5.74, 6) is 0.804. The maximum atomic E-state index is 12.4. The lowest BCUT2D eigenvalue weighted by molar-refractivity contribution is 0.273. The van der Waals surface area contributed by atoms with Gasteiger partial charge in [-0.3, -0.25) is 0 Å². The molecule has 64 valence electrons. The minimum Gasteiger partial charge on any atom is -0.397 e. The molecule has 12 heavy (non-hydrogen) atoms. The number of nitrogens with two attached hydrogens (primary N) is 1. The van der Waals surface area contributed by atoms with Crippen LogP contribution in [0, 0.1) is 0 Å². The molecule has 0 atom stereocenters. The Labute approximate surface area is 70.0 Å². The molecule has 3 nitrogen and oxygen atoms in total. The number of rotatable bonds is 1. The third kappa shape index (κ3) is 1.20. The lowest BCUT2D eigenvalue weighted by Gasteiger charge is -2.35. The summed E-state index contributed by atoms with van der Waals surface area (Å²) in [7, 11) is 0. The van der Waals surface area contributed by atoms with Gasteiger partial charge in [0.15, 0.2) is 0 Å². The smallest absolute Gasteiger partial charge is 0.135 e. The number of nitrogen functional groups attached to an aromatic ring is 1. The molecule has 0 unspecified atom stereocenters. The Kier molecular flexibility index (Phi) is 1.60. The van der Waals surface area contributed by atoms with Crippen LogP contribution in [0.3, 0.4) is 0 Å². The van der Waals surface area contributed by atoms with E-state index in [4.69, 9.17) is 5.73 Å². The summed E-state index contributed by atoms with van der Waals surface area (Å²) in [6.45, 7) is 0.911. The number of alkyl halides is 1. The normalized spacial score (nSPS) is 17.6. The molecule has 0 saturated carbocycles. The molecule has 1 fully saturated rings. The van der Waals surface area contributed by atoms with Crippen molar-refractivity contribution in [1.29, 1.82) is 0 Å². The van der Waals surface area contributed by atoms with Crippen molar-refractivity contribution in [2.75, 3.05) is 23.7 Å². The van der Waals surface area contributed by atoms with Crippen LogP contribution in [0.2, 0.25) is 0 Å². The number of pyridine rings is 1. The molecular weight excluding hydrogens is 157 g/mol. The summed E-state index contributed by atoms with van der Waals surface area (Å²) >= 11 is 0. The van der Waals surface area contributed by atoms with E-state index >= 15 is 0 Å². The molecule has 0 aromatic carbocycles. The van der Waals surface area contributed by atoms with Gasteiger partial charge in [0.1, 0.15) is 12.0 Å². The highest BCUT2D eigenvalue weighted by molar-refractivity contribution is 5.47. The number of anilines is 2. The third-order valence-electron chi connectivity index (χ3n) is 1.93. The summed E-state index contributed by atoms with van der Waals surface area (Å²) in [5.41, 5.74) is 6.09. The van der Waals surface area contributed by atoms with Gasteiger partial charge in [0, 0.05) is 0 Å². The van der Waals surface area contributed by atoms with Crippen LogP contribution in [0.15, 0.2) is 18.3 Å². The molecule has 1 aliphatic rings. The zero-order chi connectivity index (χ0) is 8.55. The monoisotopic (exact) mass is 167 g/mol. The molecule has 1 aromatic rings. The molecule has 2 rings (SSSR count). The first-order valence-corrected chi connectivity index (χ1v) is 3.86. The average molecular weight is 167 g/mol. The van der Waals surface area contributed by atoms with E-state index < -0.39 is 6.17 Å². The summed E-state index contributed by atoms with van der Waals surface area (Å²) < 4.78 is 12.4. The third-order valence-corrected chi connectivity index (χ3v) is 1.93. The van der Waals surface area contributed by atoms with E-state index in [1.54, 1.807) is 18.3 Å². The standard InChI is InChI=1S/C8H10FN3/c9-6-4-12(5-6)8-2-1-7(10)3-11-8/h1-3,6H,4-5,10H2. The molecule has 0 aliphatic carbocycles. The van der Waals surface area contributed by atoms with E-state index in [-0.39, 0.29) is 0 Å². The van der Waals surface area contributed by atoms with E-state index in [1.165, 1.54) is 0 Å². The second-order valence-corrected chi connectivity index (χ2v) is 2.95. The van der Waals surface area contributed by atoms with Crippen LogP contribution in [-0.2, 0) is 0 Å². The van der Waals surface area contributed by atoms with Gasteiger partial charge < -0.3 is 10.6 Å². The first kappa shape index (κ1) is 7.34. The van der Waals surface area contributed by atoms with Crippen LogP contribution < -0.4 is 10.6 Å². The van der Waals surface area contributed by atoms with Crippen LogP contribution in [0.25, 0.3) is 0 Å². The lowest BCUT2D eigenvalue weighted by Crippen LogP contribution is -2.48. The maximum absolute atomic E-state index is 12.4. The molecular formula is C8H10FN3. The SMILES string of the molecule is Nc1ccc(N2CC(F)C2)nc1. The van der Waals surface area contributed by atoms with Gasteiger partial charge in [-0.2, -0.15) is 0 Å². The Morgan fingerprint density at radius 1 is 1.50 bits per heavy atom. The minimum atomic E-state index is -0.690. The van der Waals surface area contributed by atoms with E-state index in [1.807, 2.05) is 4.90 Å². The van der Waals surface area contributed by atoms with Crippen LogP contribution in [0.1, 0.15) is 0 Å². The van der Waals surface area contributed by atoms with Gasteiger partial charge in [-0.15, -0.1) is 0 Å². The van der Waals surface area contributed by atoms with E-state index in [2.05, 4.69) is 4.98 Å². The van der Waals surface area contributed by atoms with Crippen molar-refractivity contribution in [1.82, 2.24) is 4.98 Å². The highest BCUT2D eigenvalue weighted by atomic mass is 19.1. The molecule has 2 N–H and O–H groups in total. The number of aromatic nitrogens is 1. The van der Waals surface area contributed by atoms with Crippen molar-refractivity contribution in [3.8, 4) is 0 Å². The van der Waals surface area contributed by atoms with Gasteiger partial charge in [0.2, 0.25) is 0 Å². The van der Waals surface area contributed by atoms with E-state index in [0.717, 1.165) is 5.82 Å². The molecule has 0 amide bonds. The maximum Gasteiger partial charge on any atom is 0.135 e. The summed E-state index contributed by atoms with van der Waals surface area (Å²) in [5, 5.41) is 0. The number of hydrogen-bond donors (Lipinski definition) is 1. The minimum absolute atomic E-state index is 0.455. The van der Waals surface area contributed by atoms with Gasteiger partial charge in [0.05, 0.1) is 25.0 Å². The van der Waals surface area contributed by atoms with Gasteiger partial charge in [-0.05, 0) is 12.1 Å². The van der Waals surface area contributed by atoms with Crippen molar-refractivity contribution < 1.29 is 4.39 Å². The fraction of sp³-hybridized carbons (Fsp3) is 0.375. The van der Waals surface area contributed by atoms with Gasteiger partial charge in [0.25, 0.3) is 0 Å². The van der Waals surface area contributed by atoms with E-state index in [0.29, 0.717) is 18.8 Å². The van der Waals surface area contributed by atoms with Crippen LogP contribution in [0.4, 0.5) is 15.9 Å². The van der Waals surface area contributed by atoms with Crippen molar-refractivity contribution in [2.24, 2.45) is 0 Å². The summed E-state index contributed by atoms with van der Waals surface area (Å²) in [6.07, 6.45) is 0.894. The zero-order valence-electron chi connectivity index (χ0n) is 6.57. The second-order valence-electron chi connectivity index (χ2n) is 2.95. The molecule has 2 heterocycles. The Morgan fingerprint density at radius 2 is 2.25 bits per heavy atom. The molecule has 4 heteroatoms. The fourth-order valence-electron chi connectivity index (χ4n) is 1.20. The first-order valence-electron chi connectivity index (χ1n) is 3.86. The van der Waals surface area contributed by atoms with Crippen LogP contribution >= 0.6 is 0 Å². The molecule has 1 aliphatic heterocycles. The van der Waals surface area contributed by atoms with Crippen LogP contribution in [-0.4, -0.2) is 24.2 Å². The largest absolute Gasteiger partial charge is 0.397 e. The topological polar surface area (TPSA) is 42.1 Å². The zero-order valence-corrected chi connectivity index (χ0v) is 6.57. The van der Waals surface area contributed by atoms with Gasteiger partial charge in [-0.25, -0.2) is 9.37 Å². The number of nitrogens with zero attached hydrogens (tertiary/aromatic N) is 2. The van der Waals surface area contributed by atoms with Gasteiger partial charge in [-0.1, -0.05) is 0 Å². The average Bonchev–Trinajstić information content (AvgIpc) is 2.01. The molecule has 0 radical (unpaired) electrons. The van der Waals surface area contributed by atoms with E-state index in [9.17, 15) is 4.39 Å². The van der Waals surface area contributed by atoms with Crippen molar-refractivity contribution >= 4 is 11.5 Å². The Morgan fingerprint density at radius 3 is 2.75 bits per heavy atom. The number of hydrogen-bond acceptors (Lipinski definition) is 3.